The standard InChI is InChI=1S/C8H11BrN4O/c1-11-7(14)3-2-5-8(9)13-6(10)4-12-5/h4H,2-3H2,1H3,(H2,10,13)(H,11,14). The molecule has 0 saturated carbocycles. The number of nitrogens with two attached hydrogens (primary N) is 1. The van der Waals surface area contributed by atoms with Gasteiger partial charge in [-0.2, -0.15) is 0 Å². The van der Waals surface area contributed by atoms with Gasteiger partial charge in [0.2, 0.25) is 5.91 Å². The first-order chi connectivity index (χ1) is 6.63. The van der Waals surface area contributed by atoms with Crippen LogP contribution in [0.15, 0.2) is 10.8 Å². The van der Waals surface area contributed by atoms with Crippen molar-refractivity contribution in [1.29, 1.82) is 0 Å². The van der Waals surface area contributed by atoms with Crippen LogP contribution < -0.4 is 11.1 Å². The molecular formula is C8H11BrN4O. The summed E-state index contributed by atoms with van der Waals surface area (Å²) in [4.78, 5) is 19.0. The summed E-state index contributed by atoms with van der Waals surface area (Å²) in [6.07, 6.45) is 2.42. The van der Waals surface area contributed by atoms with E-state index in [1.165, 1.54) is 6.20 Å². The number of carbonyl (C=O) groups excluding carboxylic acids is 1. The van der Waals surface area contributed by atoms with Crippen molar-refractivity contribution in [2.75, 3.05) is 12.8 Å². The van der Waals surface area contributed by atoms with Crippen LogP contribution in [-0.2, 0) is 11.2 Å². The quantitative estimate of drug-likeness (QED) is 0.828. The second-order valence-corrected chi connectivity index (χ2v) is 3.46. The topological polar surface area (TPSA) is 80.9 Å². The number of nitrogens with one attached hydrogen (secondary N) is 1. The van der Waals surface area contributed by atoms with Crippen LogP contribution in [0, 0.1) is 0 Å². The normalized spacial score (nSPS) is 9.86. The summed E-state index contributed by atoms with van der Waals surface area (Å²) < 4.78 is 0.599. The predicted molar refractivity (Wildman–Crippen MR) is 56.5 cm³/mol. The van der Waals surface area contributed by atoms with E-state index in [9.17, 15) is 4.79 Å². The lowest BCUT2D eigenvalue weighted by Gasteiger charge is -2.02. The van der Waals surface area contributed by atoms with Gasteiger partial charge in [0.05, 0.1) is 11.9 Å². The van der Waals surface area contributed by atoms with Crippen LogP contribution >= 0.6 is 15.9 Å². The van der Waals surface area contributed by atoms with Crippen LogP contribution in [0.25, 0.3) is 0 Å². The van der Waals surface area contributed by atoms with E-state index in [4.69, 9.17) is 5.73 Å². The summed E-state index contributed by atoms with van der Waals surface area (Å²) in [5, 5.41) is 2.54. The third-order valence-corrected chi connectivity index (χ3v) is 2.32. The van der Waals surface area contributed by atoms with Crippen LogP contribution in [0.3, 0.4) is 0 Å². The molecule has 0 aromatic carbocycles. The molecule has 5 nitrogen and oxygen atoms in total. The smallest absolute Gasteiger partial charge is 0.220 e. The number of nitrogen functional groups attached to an aromatic ring is 1. The van der Waals surface area contributed by atoms with Gasteiger partial charge in [-0.3, -0.25) is 9.78 Å². The molecule has 0 saturated heterocycles. The monoisotopic (exact) mass is 258 g/mol. The molecule has 1 heterocycles. The van der Waals surface area contributed by atoms with E-state index in [0.29, 0.717) is 23.3 Å². The van der Waals surface area contributed by atoms with Gasteiger partial charge in [0.1, 0.15) is 10.4 Å². The van der Waals surface area contributed by atoms with E-state index in [1.54, 1.807) is 7.05 Å². The van der Waals surface area contributed by atoms with E-state index in [2.05, 4.69) is 31.2 Å². The Morgan fingerprint density at radius 3 is 3.00 bits per heavy atom. The van der Waals surface area contributed by atoms with Gasteiger partial charge < -0.3 is 11.1 Å². The van der Waals surface area contributed by atoms with Crippen molar-refractivity contribution in [3.05, 3.63) is 16.5 Å². The molecule has 0 fully saturated rings. The first-order valence-corrected chi connectivity index (χ1v) is 4.90. The van der Waals surface area contributed by atoms with Gasteiger partial charge >= 0.3 is 0 Å². The van der Waals surface area contributed by atoms with Crippen molar-refractivity contribution in [3.63, 3.8) is 0 Å². The molecule has 14 heavy (non-hydrogen) atoms. The van der Waals surface area contributed by atoms with E-state index in [-0.39, 0.29) is 5.91 Å². The third-order valence-electron chi connectivity index (χ3n) is 1.69. The molecule has 0 spiro atoms. The van der Waals surface area contributed by atoms with Gasteiger partial charge in [-0.05, 0) is 15.9 Å². The second kappa shape index (κ2) is 4.90. The molecule has 3 N–H and O–H groups in total. The lowest BCUT2D eigenvalue weighted by atomic mass is 10.2. The highest BCUT2D eigenvalue weighted by molar-refractivity contribution is 9.10. The molecule has 0 bridgehead atoms. The number of amides is 1. The van der Waals surface area contributed by atoms with Crippen molar-refractivity contribution in [2.45, 2.75) is 12.8 Å². The molecule has 0 radical (unpaired) electrons. The van der Waals surface area contributed by atoms with Gasteiger partial charge in [0.15, 0.2) is 0 Å². The summed E-state index contributed by atoms with van der Waals surface area (Å²) in [7, 11) is 1.60. The lowest BCUT2D eigenvalue weighted by Crippen LogP contribution is -2.18. The highest BCUT2D eigenvalue weighted by atomic mass is 79.9. The Labute approximate surface area is 90.2 Å². The molecule has 0 unspecified atom stereocenters. The van der Waals surface area contributed by atoms with Crippen molar-refractivity contribution < 1.29 is 4.79 Å². The maximum Gasteiger partial charge on any atom is 0.220 e. The number of halogens is 1. The molecule has 0 aliphatic rings. The second-order valence-electron chi connectivity index (χ2n) is 2.71. The van der Waals surface area contributed by atoms with Crippen LogP contribution in [0.2, 0.25) is 0 Å². The molecule has 0 aliphatic carbocycles. The lowest BCUT2D eigenvalue weighted by molar-refractivity contribution is -0.120. The van der Waals surface area contributed by atoms with Crippen LogP contribution in [0.4, 0.5) is 5.82 Å². The Balaban J connectivity index is 2.63. The zero-order valence-corrected chi connectivity index (χ0v) is 9.34. The number of aryl methyl sites for hydroxylation is 1. The summed E-state index contributed by atoms with van der Waals surface area (Å²) in [5.74, 6) is 0.344. The minimum atomic E-state index is -0.0180. The minimum Gasteiger partial charge on any atom is -0.382 e. The molecule has 1 aromatic rings. The van der Waals surface area contributed by atoms with E-state index in [0.717, 1.165) is 5.69 Å². The van der Waals surface area contributed by atoms with Crippen molar-refractivity contribution >= 4 is 27.7 Å². The molecule has 1 amide bonds. The molecule has 76 valence electrons. The number of nitrogens with zero attached hydrogens (tertiary/aromatic N) is 2. The summed E-state index contributed by atoms with van der Waals surface area (Å²) >= 11 is 3.23. The van der Waals surface area contributed by atoms with E-state index >= 15 is 0 Å². The zero-order valence-electron chi connectivity index (χ0n) is 7.75. The average molecular weight is 259 g/mol. The fourth-order valence-corrected chi connectivity index (χ4v) is 1.43. The van der Waals surface area contributed by atoms with Crippen molar-refractivity contribution in [1.82, 2.24) is 15.3 Å². The predicted octanol–water partition coefficient (Wildman–Crippen LogP) is 0.500. The Hall–Kier alpha value is -1.17. The largest absolute Gasteiger partial charge is 0.382 e. The summed E-state index contributed by atoms with van der Waals surface area (Å²) in [6.45, 7) is 0. The molecule has 6 heteroatoms. The summed E-state index contributed by atoms with van der Waals surface area (Å²) in [5.41, 5.74) is 6.17. The number of hydrogen-bond acceptors (Lipinski definition) is 4. The van der Waals surface area contributed by atoms with Gasteiger partial charge in [-0.25, -0.2) is 4.98 Å². The number of anilines is 1. The van der Waals surface area contributed by atoms with Gasteiger partial charge in [0, 0.05) is 19.9 Å². The first-order valence-electron chi connectivity index (χ1n) is 4.11. The van der Waals surface area contributed by atoms with E-state index in [1.807, 2.05) is 0 Å². The van der Waals surface area contributed by atoms with Gasteiger partial charge in [-0.1, -0.05) is 0 Å². The minimum absolute atomic E-state index is 0.0180. The fourth-order valence-electron chi connectivity index (χ4n) is 0.929. The first kappa shape index (κ1) is 10.9. The number of carbonyl (C=O) groups is 1. The molecule has 0 aliphatic heterocycles. The maximum atomic E-state index is 11.0. The Bertz CT molecular complexity index is 342. The van der Waals surface area contributed by atoms with Crippen molar-refractivity contribution in [3.8, 4) is 0 Å². The maximum absolute atomic E-state index is 11.0. The SMILES string of the molecule is CNC(=O)CCc1ncc(N)nc1Br. The third kappa shape index (κ3) is 2.95. The molecule has 1 rings (SSSR count). The summed E-state index contributed by atoms with van der Waals surface area (Å²) in [6, 6.07) is 0. The number of hydrogen-bond donors (Lipinski definition) is 2. The number of aromatic nitrogens is 2. The van der Waals surface area contributed by atoms with Crippen LogP contribution in [-0.4, -0.2) is 22.9 Å². The highest BCUT2D eigenvalue weighted by Crippen LogP contribution is 2.14. The zero-order chi connectivity index (χ0) is 10.6. The Morgan fingerprint density at radius 1 is 1.71 bits per heavy atom. The van der Waals surface area contributed by atoms with Crippen LogP contribution in [0.5, 0.6) is 0 Å². The molecular weight excluding hydrogens is 248 g/mol. The van der Waals surface area contributed by atoms with Crippen molar-refractivity contribution in [2.24, 2.45) is 0 Å². The molecule has 0 atom stereocenters. The van der Waals surface area contributed by atoms with Gasteiger partial charge in [-0.15, -0.1) is 0 Å². The number of rotatable bonds is 3. The highest BCUT2D eigenvalue weighted by Gasteiger charge is 2.06. The van der Waals surface area contributed by atoms with Gasteiger partial charge in [0.25, 0.3) is 0 Å². The van der Waals surface area contributed by atoms with E-state index < -0.39 is 0 Å². The van der Waals surface area contributed by atoms with Crippen LogP contribution in [0.1, 0.15) is 12.1 Å². The Morgan fingerprint density at radius 2 is 2.43 bits per heavy atom. The average Bonchev–Trinajstić information content (AvgIpc) is 2.16. The fraction of sp³-hybridized carbons (Fsp3) is 0.375. The Kier molecular flexibility index (Phi) is 3.82. The molecule has 1 aromatic heterocycles.